The van der Waals surface area contributed by atoms with Gasteiger partial charge in [-0.15, -0.1) is 0 Å². The summed E-state index contributed by atoms with van der Waals surface area (Å²) in [4.78, 5) is 2.30. The van der Waals surface area contributed by atoms with Gasteiger partial charge in [0.1, 0.15) is 0 Å². The molecule has 1 heterocycles. The Balaban J connectivity index is 2.17. The first-order valence-electron chi connectivity index (χ1n) is 4.88. The van der Waals surface area contributed by atoms with Crippen LogP contribution in [0.4, 0.5) is 0 Å². The number of rotatable bonds is 3. The Morgan fingerprint density at radius 3 is 2.58 bits per heavy atom. The van der Waals surface area contributed by atoms with Crippen molar-refractivity contribution in [2.45, 2.75) is 38.3 Å². The fraction of sp³-hybridized carbons (Fsp3) is 1.00. The summed E-state index contributed by atoms with van der Waals surface area (Å²) in [5.41, 5.74) is 5.77. The van der Waals surface area contributed by atoms with Crippen LogP contribution in [0.1, 0.15) is 26.2 Å². The van der Waals surface area contributed by atoms with Crippen molar-refractivity contribution in [3.8, 4) is 0 Å². The second-order valence-corrected chi connectivity index (χ2v) is 3.70. The molecular weight excluding hydrogens is 152 g/mol. The molecule has 1 aliphatic heterocycles. The zero-order valence-electron chi connectivity index (χ0n) is 7.87. The Morgan fingerprint density at radius 2 is 2.08 bits per heavy atom. The van der Waals surface area contributed by atoms with E-state index in [9.17, 15) is 5.11 Å². The van der Waals surface area contributed by atoms with E-state index in [1.54, 1.807) is 0 Å². The van der Waals surface area contributed by atoms with Gasteiger partial charge in [0.15, 0.2) is 0 Å². The monoisotopic (exact) mass is 172 g/mol. The van der Waals surface area contributed by atoms with Gasteiger partial charge in [-0.2, -0.15) is 0 Å². The molecule has 1 fully saturated rings. The summed E-state index contributed by atoms with van der Waals surface area (Å²) in [5.74, 6) is 0. The normalized spacial score (nSPS) is 24.2. The molecule has 1 saturated heterocycles. The topological polar surface area (TPSA) is 49.5 Å². The van der Waals surface area contributed by atoms with Gasteiger partial charge in [0.2, 0.25) is 0 Å². The molecule has 0 amide bonds. The highest BCUT2D eigenvalue weighted by Gasteiger charge is 2.17. The molecule has 1 rings (SSSR count). The number of β-amino-alcohol motifs (C(OH)–C–C–N with tert-alkyl or cyclic N) is 1. The lowest BCUT2D eigenvalue weighted by atomic mass is 10.1. The maximum Gasteiger partial charge on any atom is 0.0664 e. The van der Waals surface area contributed by atoms with E-state index in [2.05, 4.69) is 4.90 Å². The van der Waals surface area contributed by atoms with Crippen LogP contribution in [0.5, 0.6) is 0 Å². The second kappa shape index (κ2) is 4.80. The van der Waals surface area contributed by atoms with E-state index in [1.165, 1.54) is 0 Å². The van der Waals surface area contributed by atoms with Gasteiger partial charge in [-0.1, -0.05) is 6.92 Å². The SMILES string of the molecule is CC[C@H](O)CN1CCC(N)CC1. The van der Waals surface area contributed by atoms with E-state index in [0.29, 0.717) is 6.04 Å². The van der Waals surface area contributed by atoms with Crippen LogP contribution in [0.25, 0.3) is 0 Å². The van der Waals surface area contributed by atoms with Crippen molar-refractivity contribution >= 4 is 0 Å². The summed E-state index contributed by atoms with van der Waals surface area (Å²) in [6.07, 6.45) is 2.86. The molecule has 3 heteroatoms. The Labute approximate surface area is 74.5 Å². The van der Waals surface area contributed by atoms with Crippen LogP contribution in [0.2, 0.25) is 0 Å². The molecular formula is C9H20N2O. The molecule has 1 aliphatic rings. The van der Waals surface area contributed by atoms with Crippen LogP contribution in [0, 0.1) is 0 Å². The van der Waals surface area contributed by atoms with E-state index >= 15 is 0 Å². The summed E-state index contributed by atoms with van der Waals surface area (Å²) in [6, 6.07) is 0.389. The third-order valence-electron chi connectivity index (χ3n) is 2.57. The summed E-state index contributed by atoms with van der Waals surface area (Å²) >= 11 is 0. The van der Waals surface area contributed by atoms with Gasteiger partial charge >= 0.3 is 0 Å². The predicted octanol–water partition coefficient (Wildman–Crippen LogP) is 0.180. The molecule has 0 unspecified atom stereocenters. The number of aliphatic hydroxyl groups is 1. The molecule has 3 N–H and O–H groups in total. The van der Waals surface area contributed by atoms with Gasteiger partial charge in [0.05, 0.1) is 6.10 Å². The highest BCUT2D eigenvalue weighted by molar-refractivity contribution is 4.75. The molecule has 72 valence electrons. The van der Waals surface area contributed by atoms with Crippen molar-refractivity contribution < 1.29 is 5.11 Å². The van der Waals surface area contributed by atoms with E-state index < -0.39 is 0 Å². The lowest BCUT2D eigenvalue weighted by Gasteiger charge is -2.31. The summed E-state index contributed by atoms with van der Waals surface area (Å²) in [7, 11) is 0. The minimum Gasteiger partial charge on any atom is -0.392 e. The molecule has 0 aromatic rings. The molecule has 0 bridgehead atoms. The third-order valence-corrected chi connectivity index (χ3v) is 2.57. The fourth-order valence-corrected chi connectivity index (χ4v) is 1.56. The van der Waals surface area contributed by atoms with Crippen molar-refractivity contribution in [3.63, 3.8) is 0 Å². The maximum absolute atomic E-state index is 9.40. The molecule has 0 radical (unpaired) electrons. The average molecular weight is 172 g/mol. The Kier molecular flexibility index (Phi) is 3.98. The molecule has 12 heavy (non-hydrogen) atoms. The van der Waals surface area contributed by atoms with Crippen molar-refractivity contribution in [1.29, 1.82) is 0 Å². The predicted molar refractivity (Wildman–Crippen MR) is 49.9 cm³/mol. The van der Waals surface area contributed by atoms with Crippen LogP contribution < -0.4 is 5.73 Å². The second-order valence-electron chi connectivity index (χ2n) is 3.70. The molecule has 0 aliphatic carbocycles. The van der Waals surface area contributed by atoms with Gasteiger partial charge in [0.25, 0.3) is 0 Å². The van der Waals surface area contributed by atoms with Crippen LogP contribution in [0.15, 0.2) is 0 Å². The molecule has 1 atom stereocenters. The quantitative estimate of drug-likeness (QED) is 0.638. The highest BCUT2D eigenvalue weighted by atomic mass is 16.3. The first-order valence-corrected chi connectivity index (χ1v) is 4.88. The van der Waals surface area contributed by atoms with Gasteiger partial charge in [-0.05, 0) is 32.4 Å². The Hall–Kier alpha value is -0.120. The van der Waals surface area contributed by atoms with Crippen molar-refractivity contribution in [2.75, 3.05) is 19.6 Å². The molecule has 0 aromatic heterocycles. The smallest absolute Gasteiger partial charge is 0.0664 e. The van der Waals surface area contributed by atoms with Crippen molar-refractivity contribution in [2.24, 2.45) is 5.73 Å². The molecule has 3 nitrogen and oxygen atoms in total. The van der Waals surface area contributed by atoms with Gasteiger partial charge in [-0.25, -0.2) is 0 Å². The lowest BCUT2D eigenvalue weighted by molar-refractivity contribution is 0.0948. The number of hydrogen-bond donors (Lipinski definition) is 2. The number of nitrogens with two attached hydrogens (primary N) is 1. The van der Waals surface area contributed by atoms with E-state index in [4.69, 9.17) is 5.73 Å². The lowest BCUT2D eigenvalue weighted by Crippen LogP contribution is -2.42. The van der Waals surface area contributed by atoms with E-state index in [1.807, 2.05) is 6.92 Å². The number of hydrogen-bond acceptors (Lipinski definition) is 3. The van der Waals surface area contributed by atoms with Gasteiger partial charge in [-0.3, -0.25) is 0 Å². The first kappa shape index (κ1) is 9.96. The number of nitrogens with zero attached hydrogens (tertiary/aromatic N) is 1. The Morgan fingerprint density at radius 1 is 1.50 bits per heavy atom. The van der Waals surface area contributed by atoms with Crippen LogP contribution in [0.3, 0.4) is 0 Å². The number of aliphatic hydroxyl groups excluding tert-OH is 1. The first-order chi connectivity index (χ1) is 5.72. The highest BCUT2D eigenvalue weighted by Crippen LogP contribution is 2.08. The molecule has 0 spiro atoms. The van der Waals surface area contributed by atoms with Gasteiger partial charge in [0, 0.05) is 12.6 Å². The number of piperidine rings is 1. The fourth-order valence-electron chi connectivity index (χ4n) is 1.56. The van der Waals surface area contributed by atoms with Gasteiger partial charge < -0.3 is 15.7 Å². The Bertz CT molecular complexity index is 122. The largest absolute Gasteiger partial charge is 0.392 e. The van der Waals surface area contributed by atoms with Crippen LogP contribution >= 0.6 is 0 Å². The number of likely N-dealkylation sites (tertiary alicyclic amines) is 1. The van der Waals surface area contributed by atoms with E-state index in [-0.39, 0.29) is 6.10 Å². The van der Waals surface area contributed by atoms with E-state index in [0.717, 1.165) is 38.9 Å². The zero-order chi connectivity index (χ0) is 8.97. The molecule has 0 aromatic carbocycles. The average Bonchev–Trinajstić information content (AvgIpc) is 2.09. The molecule has 0 saturated carbocycles. The third kappa shape index (κ3) is 3.09. The van der Waals surface area contributed by atoms with Crippen molar-refractivity contribution in [3.05, 3.63) is 0 Å². The summed E-state index contributed by atoms with van der Waals surface area (Å²) in [5, 5.41) is 9.40. The maximum atomic E-state index is 9.40. The minimum atomic E-state index is -0.153. The van der Waals surface area contributed by atoms with Crippen molar-refractivity contribution in [1.82, 2.24) is 4.90 Å². The van der Waals surface area contributed by atoms with Crippen LogP contribution in [-0.2, 0) is 0 Å². The summed E-state index contributed by atoms with van der Waals surface area (Å²) in [6.45, 7) is 4.94. The standard InChI is InChI=1S/C9H20N2O/c1-2-9(12)7-11-5-3-8(10)4-6-11/h8-9,12H,2-7,10H2,1H3/t9-/m0/s1. The van der Waals surface area contributed by atoms with Crippen LogP contribution in [-0.4, -0.2) is 41.8 Å². The minimum absolute atomic E-state index is 0.153. The summed E-state index contributed by atoms with van der Waals surface area (Å²) < 4.78 is 0. The zero-order valence-corrected chi connectivity index (χ0v) is 7.87.